The first-order chi connectivity index (χ1) is 8.09. The molecule has 0 aliphatic heterocycles. The lowest BCUT2D eigenvalue weighted by molar-refractivity contribution is -0.122. The summed E-state index contributed by atoms with van der Waals surface area (Å²) >= 11 is 0. The number of hydrogen-bond acceptors (Lipinski definition) is 2. The molecule has 2 rings (SSSR count). The van der Waals surface area contributed by atoms with Crippen LogP contribution in [0, 0.1) is 5.92 Å². The fraction of sp³-hybridized carbons (Fsp3) is 0.429. The Hall–Kier alpha value is -1.64. The Balaban J connectivity index is 1.96. The van der Waals surface area contributed by atoms with E-state index in [1.807, 2.05) is 18.2 Å². The molecule has 0 heterocycles. The highest BCUT2D eigenvalue weighted by molar-refractivity contribution is 5.82. The van der Waals surface area contributed by atoms with Crippen molar-refractivity contribution in [1.82, 2.24) is 5.43 Å². The third-order valence-corrected chi connectivity index (χ3v) is 3.03. The van der Waals surface area contributed by atoms with Gasteiger partial charge in [-0.25, -0.2) is 5.43 Å². The highest BCUT2D eigenvalue weighted by atomic mass is 16.2. The summed E-state index contributed by atoms with van der Waals surface area (Å²) in [6.45, 7) is 4.16. The van der Waals surface area contributed by atoms with Gasteiger partial charge in [0.25, 0.3) is 0 Å². The van der Waals surface area contributed by atoms with E-state index in [0.717, 1.165) is 12.8 Å². The Morgan fingerprint density at radius 1 is 1.35 bits per heavy atom. The largest absolute Gasteiger partial charge is 0.273 e. The average Bonchev–Trinajstić information content (AvgIpc) is 3.14. The minimum absolute atomic E-state index is 0.0464. The lowest BCUT2D eigenvalue weighted by Gasteiger charge is -2.19. The Labute approximate surface area is 102 Å². The van der Waals surface area contributed by atoms with Crippen LogP contribution < -0.4 is 5.43 Å². The van der Waals surface area contributed by atoms with Gasteiger partial charge >= 0.3 is 0 Å². The molecule has 1 amide bonds. The van der Waals surface area contributed by atoms with E-state index in [4.69, 9.17) is 0 Å². The molecule has 1 aliphatic rings. The SMILES string of the molecule is CC(C)(C=NNC(=O)C1CC1)c1ccccc1. The van der Waals surface area contributed by atoms with Crippen molar-refractivity contribution in [1.29, 1.82) is 0 Å². The molecule has 3 nitrogen and oxygen atoms in total. The maximum atomic E-state index is 11.4. The van der Waals surface area contributed by atoms with E-state index < -0.39 is 0 Å². The first-order valence-electron chi connectivity index (χ1n) is 5.99. The average molecular weight is 230 g/mol. The third kappa shape index (κ3) is 3.16. The molecule has 17 heavy (non-hydrogen) atoms. The molecule has 1 aromatic rings. The molecular weight excluding hydrogens is 212 g/mol. The molecule has 1 aliphatic carbocycles. The van der Waals surface area contributed by atoms with Crippen LogP contribution in [0.15, 0.2) is 35.4 Å². The minimum atomic E-state index is -0.169. The van der Waals surface area contributed by atoms with E-state index in [9.17, 15) is 4.79 Å². The monoisotopic (exact) mass is 230 g/mol. The fourth-order valence-electron chi connectivity index (χ4n) is 1.64. The van der Waals surface area contributed by atoms with Crippen LogP contribution in [-0.4, -0.2) is 12.1 Å². The lowest BCUT2D eigenvalue weighted by atomic mass is 9.86. The van der Waals surface area contributed by atoms with Gasteiger partial charge in [-0.2, -0.15) is 5.10 Å². The summed E-state index contributed by atoms with van der Waals surface area (Å²) in [5, 5.41) is 4.06. The predicted molar refractivity (Wildman–Crippen MR) is 68.8 cm³/mol. The van der Waals surface area contributed by atoms with Gasteiger partial charge in [0, 0.05) is 17.5 Å². The van der Waals surface area contributed by atoms with Crippen molar-refractivity contribution in [3.05, 3.63) is 35.9 Å². The number of carbonyl (C=O) groups excluding carboxylic acids is 1. The molecule has 0 saturated heterocycles. The fourth-order valence-corrected chi connectivity index (χ4v) is 1.64. The third-order valence-electron chi connectivity index (χ3n) is 3.03. The van der Waals surface area contributed by atoms with Crippen LogP contribution in [0.3, 0.4) is 0 Å². The zero-order chi connectivity index (χ0) is 12.3. The molecule has 1 fully saturated rings. The number of hydrazone groups is 1. The molecule has 0 radical (unpaired) electrons. The first-order valence-corrected chi connectivity index (χ1v) is 5.99. The van der Waals surface area contributed by atoms with Gasteiger partial charge < -0.3 is 0 Å². The topological polar surface area (TPSA) is 41.5 Å². The smallest absolute Gasteiger partial charge is 0.243 e. The zero-order valence-electron chi connectivity index (χ0n) is 10.3. The van der Waals surface area contributed by atoms with Gasteiger partial charge in [-0.15, -0.1) is 0 Å². The van der Waals surface area contributed by atoms with Crippen LogP contribution >= 0.6 is 0 Å². The standard InChI is InChI=1S/C14H18N2O/c1-14(2,12-6-4-3-5-7-12)10-15-16-13(17)11-8-9-11/h3-7,10-11H,8-9H2,1-2H3,(H,16,17). The number of rotatable bonds is 4. The number of hydrogen-bond donors (Lipinski definition) is 1. The molecule has 1 N–H and O–H groups in total. The summed E-state index contributed by atoms with van der Waals surface area (Å²) in [5.41, 5.74) is 3.62. The molecule has 1 saturated carbocycles. The van der Waals surface area contributed by atoms with Crippen molar-refractivity contribution in [3.63, 3.8) is 0 Å². The second kappa shape index (κ2) is 4.70. The molecular formula is C14H18N2O. The maximum Gasteiger partial charge on any atom is 0.243 e. The summed E-state index contributed by atoms with van der Waals surface area (Å²) in [6, 6.07) is 10.1. The van der Waals surface area contributed by atoms with Gasteiger partial charge in [0.2, 0.25) is 5.91 Å². The Kier molecular flexibility index (Phi) is 3.27. The van der Waals surface area contributed by atoms with Crippen molar-refractivity contribution >= 4 is 12.1 Å². The van der Waals surface area contributed by atoms with E-state index in [1.165, 1.54) is 5.56 Å². The Morgan fingerprint density at radius 3 is 2.59 bits per heavy atom. The molecule has 0 bridgehead atoms. The molecule has 0 spiro atoms. The van der Waals surface area contributed by atoms with Crippen molar-refractivity contribution in [2.24, 2.45) is 11.0 Å². The van der Waals surface area contributed by atoms with Crippen LogP contribution in [0.1, 0.15) is 32.3 Å². The van der Waals surface area contributed by atoms with E-state index in [-0.39, 0.29) is 17.2 Å². The molecule has 90 valence electrons. The highest BCUT2D eigenvalue weighted by Gasteiger charge is 2.29. The van der Waals surface area contributed by atoms with E-state index >= 15 is 0 Å². The van der Waals surface area contributed by atoms with Crippen LogP contribution in [0.5, 0.6) is 0 Å². The number of nitrogens with one attached hydrogen (secondary N) is 1. The number of carbonyl (C=O) groups is 1. The second-order valence-corrected chi connectivity index (χ2v) is 5.10. The molecule has 0 atom stereocenters. The van der Waals surface area contributed by atoms with Gasteiger partial charge in [0.15, 0.2) is 0 Å². The van der Waals surface area contributed by atoms with E-state index in [2.05, 4.69) is 36.5 Å². The van der Waals surface area contributed by atoms with Crippen LogP contribution in [-0.2, 0) is 10.2 Å². The van der Waals surface area contributed by atoms with Gasteiger partial charge in [-0.05, 0) is 18.4 Å². The van der Waals surface area contributed by atoms with Crippen LogP contribution in [0.4, 0.5) is 0 Å². The van der Waals surface area contributed by atoms with Crippen LogP contribution in [0.25, 0.3) is 0 Å². The summed E-state index contributed by atoms with van der Waals surface area (Å²) in [4.78, 5) is 11.4. The van der Waals surface area contributed by atoms with Crippen molar-refractivity contribution in [3.8, 4) is 0 Å². The maximum absolute atomic E-state index is 11.4. The molecule has 0 unspecified atom stereocenters. The summed E-state index contributed by atoms with van der Waals surface area (Å²) in [7, 11) is 0. The van der Waals surface area contributed by atoms with Crippen molar-refractivity contribution in [2.45, 2.75) is 32.1 Å². The van der Waals surface area contributed by atoms with Gasteiger partial charge in [0.1, 0.15) is 0 Å². The second-order valence-electron chi connectivity index (χ2n) is 5.10. The Bertz CT molecular complexity index is 419. The number of amides is 1. The van der Waals surface area contributed by atoms with Gasteiger partial charge in [0.05, 0.1) is 0 Å². The predicted octanol–water partition coefficient (Wildman–Crippen LogP) is 2.48. The lowest BCUT2D eigenvalue weighted by Crippen LogP contribution is -2.24. The van der Waals surface area contributed by atoms with Crippen molar-refractivity contribution in [2.75, 3.05) is 0 Å². The summed E-state index contributed by atoms with van der Waals surface area (Å²) in [6.07, 6.45) is 3.80. The number of benzene rings is 1. The molecule has 1 aromatic carbocycles. The normalized spacial score (nSPS) is 16.1. The van der Waals surface area contributed by atoms with Gasteiger partial charge in [-0.1, -0.05) is 44.2 Å². The van der Waals surface area contributed by atoms with Crippen molar-refractivity contribution < 1.29 is 4.79 Å². The van der Waals surface area contributed by atoms with Crippen LogP contribution in [0.2, 0.25) is 0 Å². The molecule has 3 heteroatoms. The van der Waals surface area contributed by atoms with E-state index in [1.54, 1.807) is 6.21 Å². The van der Waals surface area contributed by atoms with Gasteiger partial charge in [-0.3, -0.25) is 4.79 Å². The summed E-state index contributed by atoms with van der Waals surface area (Å²) < 4.78 is 0. The first kappa shape index (κ1) is 11.8. The highest BCUT2D eigenvalue weighted by Crippen LogP contribution is 2.28. The molecule has 0 aromatic heterocycles. The minimum Gasteiger partial charge on any atom is -0.273 e. The summed E-state index contributed by atoms with van der Waals surface area (Å²) in [5.74, 6) is 0.247. The zero-order valence-corrected chi connectivity index (χ0v) is 10.3. The quantitative estimate of drug-likeness (QED) is 0.626. The number of nitrogens with zero attached hydrogens (tertiary/aromatic N) is 1. The Morgan fingerprint density at radius 2 is 2.00 bits per heavy atom. The van der Waals surface area contributed by atoms with E-state index in [0.29, 0.717) is 0 Å².